The number of halogens is 2. The van der Waals surface area contributed by atoms with E-state index in [0.717, 1.165) is 32.3 Å². The third kappa shape index (κ3) is 5.43. The first-order valence-electron chi connectivity index (χ1n) is 9.39. The summed E-state index contributed by atoms with van der Waals surface area (Å²) < 4.78 is 14.4. The molecule has 0 aromatic heterocycles. The van der Waals surface area contributed by atoms with E-state index in [2.05, 4.69) is 21.2 Å². The maximum atomic E-state index is 13.6. The summed E-state index contributed by atoms with van der Waals surface area (Å²) in [6, 6.07) is 19.7. The van der Waals surface area contributed by atoms with Crippen molar-refractivity contribution in [1.29, 1.82) is 5.26 Å². The molecule has 150 valence electrons. The first-order chi connectivity index (χ1) is 14.4. The molecule has 3 aromatic rings. The molecule has 3 aromatic carbocycles. The highest BCUT2D eigenvalue weighted by Crippen LogP contribution is 2.23. The Morgan fingerprint density at radius 3 is 2.63 bits per heavy atom. The van der Waals surface area contributed by atoms with E-state index in [9.17, 15) is 14.4 Å². The van der Waals surface area contributed by atoms with Crippen LogP contribution in [0.3, 0.4) is 0 Å². The second-order valence-electron chi connectivity index (χ2n) is 7.09. The summed E-state index contributed by atoms with van der Waals surface area (Å²) in [5.41, 5.74) is 5.10. The second kappa shape index (κ2) is 9.51. The zero-order valence-corrected chi connectivity index (χ0v) is 18.3. The number of carbonyl (C=O) groups excluding carboxylic acids is 1. The highest BCUT2D eigenvalue weighted by molar-refractivity contribution is 9.10. The molecule has 0 aliphatic heterocycles. The van der Waals surface area contributed by atoms with Crippen LogP contribution >= 0.6 is 15.9 Å². The largest absolute Gasteiger partial charge is 0.321 e. The number of benzene rings is 3. The van der Waals surface area contributed by atoms with Gasteiger partial charge in [0.15, 0.2) is 0 Å². The zero-order valence-electron chi connectivity index (χ0n) is 16.7. The molecule has 5 heteroatoms. The molecule has 0 saturated heterocycles. The van der Waals surface area contributed by atoms with Gasteiger partial charge in [-0.1, -0.05) is 51.8 Å². The SMILES string of the molecule is Cc1ccc(NC(=O)/C(C#N)=C/c2cc(Br)ccc2Cc2cccc(F)c2)c(C)c1. The average Bonchev–Trinajstić information content (AvgIpc) is 2.70. The molecule has 0 aliphatic rings. The van der Waals surface area contributed by atoms with Crippen LogP contribution in [0, 0.1) is 31.0 Å². The van der Waals surface area contributed by atoms with Crippen LogP contribution in [0.1, 0.15) is 27.8 Å². The minimum atomic E-state index is -0.471. The van der Waals surface area contributed by atoms with Gasteiger partial charge < -0.3 is 5.32 Å². The maximum absolute atomic E-state index is 13.6. The van der Waals surface area contributed by atoms with E-state index in [1.807, 2.05) is 62.4 Å². The summed E-state index contributed by atoms with van der Waals surface area (Å²) in [6.45, 7) is 3.89. The third-order valence-corrected chi connectivity index (χ3v) is 5.18. The molecule has 30 heavy (non-hydrogen) atoms. The highest BCUT2D eigenvalue weighted by Gasteiger charge is 2.13. The second-order valence-corrected chi connectivity index (χ2v) is 8.01. The number of nitrogens with one attached hydrogen (secondary N) is 1. The summed E-state index contributed by atoms with van der Waals surface area (Å²) >= 11 is 3.44. The van der Waals surface area contributed by atoms with Crippen molar-refractivity contribution in [2.45, 2.75) is 20.3 Å². The summed E-state index contributed by atoms with van der Waals surface area (Å²) in [5, 5.41) is 12.4. The fourth-order valence-electron chi connectivity index (χ4n) is 3.18. The minimum absolute atomic E-state index is 0.00596. The molecular formula is C25H20BrFN2O. The van der Waals surface area contributed by atoms with Crippen molar-refractivity contribution in [1.82, 2.24) is 0 Å². The van der Waals surface area contributed by atoms with Crippen LogP contribution in [0.25, 0.3) is 6.08 Å². The van der Waals surface area contributed by atoms with Gasteiger partial charge in [0, 0.05) is 10.2 Å². The van der Waals surface area contributed by atoms with E-state index in [1.165, 1.54) is 12.1 Å². The van der Waals surface area contributed by atoms with Crippen molar-refractivity contribution in [2.75, 3.05) is 5.32 Å². The zero-order chi connectivity index (χ0) is 21.7. The lowest BCUT2D eigenvalue weighted by Crippen LogP contribution is -2.14. The van der Waals surface area contributed by atoms with Crippen LogP contribution in [0.15, 0.2) is 70.7 Å². The van der Waals surface area contributed by atoms with Crippen LogP contribution in [0.5, 0.6) is 0 Å². The number of nitrogens with zero attached hydrogens (tertiary/aromatic N) is 1. The topological polar surface area (TPSA) is 52.9 Å². The van der Waals surface area contributed by atoms with Crippen LogP contribution in [0.4, 0.5) is 10.1 Å². The van der Waals surface area contributed by atoms with E-state index < -0.39 is 5.91 Å². The van der Waals surface area contributed by atoms with E-state index in [1.54, 1.807) is 12.1 Å². The van der Waals surface area contributed by atoms with Crippen molar-refractivity contribution >= 4 is 33.6 Å². The standard InChI is InChI=1S/C25H20BrFN2O/c1-16-6-9-24(17(2)10-16)29-25(30)21(15-28)13-20-14-22(26)8-7-19(20)11-18-4-3-5-23(27)12-18/h3-10,12-14H,11H2,1-2H3,(H,29,30)/b21-13+. The number of nitriles is 1. The Morgan fingerprint density at radius 1 is 1.13 bits per heavy atom. The van der Waals surface area contributed by atoms with Crippen LogP contribution < -0.4 is 5.32 Å². The lowest BCUT2D eigenvalue weighted by Gasteiger charge is -2.10. The Bertz CT molecular complexity index is 1180. The lowest BCUT2D eigenvalue weighted by atomic mass is 9.98. The van der Waals surface area contributed by atoms with Crippen molar-refractivity contribution in [3.05, 3.63) is 104 Å². The molecule has 0 unspecified atom stereocenters. The number of carbonyl (C=O) groups is 1. The summed E-state index contributed by atoms with van der Waals surface area (Å²) in [5.74, 6) is -0.770. The van der Waals surface area contributed by atoms with Gasteiger partial charge in [-0.2, -0.15) is 5.26 Å². The number of rotatable bonds is 5. The monoisotopic (exact) mass is 462 g/mol. The fourth-order valence-corrected chi connectivity index (χ4v) is 3.55. The van der Waals surface area contributed by atoms with Crippen molar-refractivity contribution in [3.8, 4) is 6.07 Å². The predicted molar refractivity (Wildman–Crippen MR) is 121 cm³/mol. The Balaban J connectivity index is 1.92. The van der Waals surface area contributed by atoms with Crippen LogP contribution in [-0.2, 0) is 11.2 Å². The molecule has 0 radical (unpaired) electrons. The van der Waals surface area contributed by atoms with Gasteiger partial charge in [0.25, 0.3) is 5.91 Å². The Labute approximate surface area is 184 Å². The molecule has 0 fully saturated rings. The Morgan fingerprint density at radius 2 is 1.93 bits per heavy atom. The average molecular weight is 463 g/mol. The third-order valence-electron chi connectivity index (χ3n) is 4.69. The van der Waals surface area contributed by atoms with Gasteiger partial charge in [-0.3, -0.25) is 4.79 Å². The molecule has 0 aliphatic carbocycles. The van der Waals surface area contributed by atoms with Gasteiger partial charge in [-0.05, 0) is 78.9 Å². The van der Waals surface area contributed by atoms with Gasteiger partial charge in [0.2, 0.25) is 0 Å². The highest BCUT2D eigenvalue weighted by atomic mass is 79.9. The molecular weight excluding hydrogens is 443 g/mol. The Hall–Kier alpha value is -3.23. The molecule has 3 rings (SSSR count). The van der Waals surface area contributed by atoms with Crippen LogP contribution in [0.2, 0.25) is 0 Å². The van der Waals surface area contributed by atoms with Crippen molar-refractivity contribution < 1.29 is 9.18 Å². The molecule has 0 spiro atoms. The number of hydrogen-bond acceptors (Lipinski definition) is 2. The van der Waals surface area contributed by atoms with E-state index in [-0.39, 0.29) is 11.4 Å². The summed E-state index contributed by atoms with van der Waals surface area (Å²) in [6.07, 6.45) is 2.05. The minimum Gasteiger partial charge on any atom is -0.321 e. The normalized spacial score (nSPS) is 11.1. The molecule has 1 N–H and O–H groups in total. The van der Waals surface area contributed by atoms with Crippen molar-refractivity contribution in [3.63, 3.8) is 0 Å². The molecule has 3 nitrogen and oxygen atoms in total. The first kappa shape index (κ1) is 21.5. The van der Waals surface area contributed by atoms with E-state index in [0.29, 0.717) is 12.1 Å². The van der Waals surface area contributed by atoms with Gasteiger partial charge in [0.05, 0.1) is 0 Å². The first-order valence-corrected chi connectivity index (χ1v) is 10.2. The van der Waals surface area contributed by atoms with Gasteiger partial charge >= 0.3 is 0 Å². The van der Waals surface area contributed by atoms with Crippen molar-refractivity contribution in [2.24, 2.45) is 0 Å². The molecule has 0 bridgehead atoms. The Kier molecular flexibility index (Phi) is 6.81. The smallest absolute Gasteiger partial charge is 0.266 e. The van der Waals surface area contributed by atoms with Gasteiger partial charge in [-0.25, -0.2) is 4.39 Å². The molecule has 1 amide bonds. The van der Waals surface area contributed by atoms with E-state index >= 15 is 0 Å². The van der Waals surface area contributed by atoms with Crippen LogP contribution in [-0.4, -0.2) is 5.91 Å². The fraction of sp³-hybridized carbons (Fsp3) is 0.120. The predicted octanol–water partition coefficient (Wildman–Crippen LogP) is 6.34. The lowest BCUT2D eigenvalue weighted by molar-refractivity contribution is -0.112. The summed E-state index contributed by atoms with van der Waals surface area (Å²) in [4.78, 5) is 12.7. The maximum Gasteiger partial charge on any atom is 0.266 e. The van der Waals surface area contributed by atoms with E-state index in [4.69, 9.17) is 0 Å². The number of amides is 1. The quantitative estimate of drug-likeness (QED) is 0.355. The molecule has 0 heterocycles. The molecule has 0 atom stereocenters. The molecule has 0 saturated carbocycles. The number of aryl methyl sites for hydroxylation is 2. The van der Waals surface area contributed by atoms with Gasteiger partial charge in [-0.15, -0.1) is 0 Å². The number of anilines is 1. The summed E-state index contributed by atoms with van der Waals surface area (Å²) in [7, 11) is 0. The number of hydrogen-bond donors (Lipinski definition) is 1. The van der Waals surface area contributed by atoms with Gasteiger partial charge in [0.1, 0.15) is 17.5 Å².